The van der Waals surface area contributed by atoms with E-state index in [2.05, 4.69) is 5.32 Å². The van der Waals surface area contributed by atoms with Gasteiger partial charge >= 0.3 is 0 Å². The van der Waals surface area contributed by atoms with E-state index in [4.69, 9.17) is 9.47 Å². The van der Waals surface area contributed by atoms with Gasteiger partial charge in [0.1, 0.15) is 18.0 Å². The van der Waals surface area contributed by atoms with Crippen LogP contribution in [-0.2, 0) is 11.3 Å². The van der Waals surface area contributed by atoms with Crippen LogP contribution < -0.4 is 20.2 Å². The fraction of sp³-hybridized carbons (Fsp3) is 0.120. The Morgan fingerprint density at radius 3 is 2.42 bits per heavy atom. The molecule has 0 saturated heterocycles. The highest BCUT2D eigenvalue weighted by molar-refractivity contribution is 5.93. The van der Waals surface area contributed by atoms with Crippen LogP contribution in [0.3, 0.4) is 0 Å². The average molecular weight is 414 g/mol. The Bertz CT molecular complexity index is 1260. The largest absolute Gasteiger partial charge is 0.494 e. The van der Waals surface area contributed by atoms with Crippen molar-refractivity contribution in [2.24, 2.45) is 0 Å². The first-order valence-electron chi connectivity index (χ1n) is 10.0. The molecule has 1 heterocycles. The molecule has 6 nitrogen and oxygen atoms in total. The number of hydrogen-bond acceptors (Lipinski definition) is 4. The van der Waals surface area contributed by atoms with Gasteiger partial charge < -0.3 is 19.4 Å². The van der Waals surface area contributed by atoms with E-state index in [9.17, 15) is 9.59 Å². The monoisotopic (exact) mass is 414 g/mol. The number of carbonyl (C=O) groups excluding carboxylic acids is 1. The second-order valence-electron chi connectivity index (χ2n) is 6.88. The summed E-state index contributed by atoms with van der Waals surface area (Å²) in [6.45, 7) is 2.59. The lowest BCUT2D eigenvalue weighted by Crippen LogP contribution is -2.20. The molecule has 1 aromatic heterocycles. The van der Waals surface area contributed by atoms with Gasteiger partial charge in [-0.1, -0.05) is 24.3 Å². The van der Waals surface area contributed by atoms with Gasteiger partial charge in [0.05, 0.1) is 17.8 Å². The molecule has 0 aliphatic heterocycles. The minimum absolute atomic E-state index is 0.0676. The molecule has 0 bridgehead atoms. The van der Waals surface area contributed by atoms with Gasteiger partial charge in [-0.25, -0.2) is 0 Å². The summed E-state index contributed by atoms with van der Waals surface area (Å²) in [6, 6.07) is 23.3. The molecule has 4 aromatic rings. The van der Waals surface area contributed by atoms with E-state index in [0.717, 1.165) is 5.75 Å². The van der Waals surface area contributed by atoms with E-state index in [0.29, 0.717) is 34.7 Å². The Morgan fingerprint density at radius 2 is 1.61 bits per heavy atom. The van der Waals surface area contributed by atoms with E-state index in [1.165, 1.54) is 6.07 Å². The maximum absolute atomic E-state index is 12.7. The van der Waals surface area contributed by atoms with Gasteiger partial charge in [-0.2, -0.15) is 0 Å². The quantitative estimate of drug-likeness (QED) is 0.470. The van der Waals surface area contributed by atoms with Crippen molar-refractivity contribution < 1.29 is 14.3 Å². The van der Waals surface area contributed by atoms with Crippen LogP contribution in [0, 0.1) is 0 Å². The van der Waals surface area contributed by atoms with Crippen LogP contribution in [0.15, 0.2) is 89.9 Å². The number of ether oxygens (including phenoxy) is 2. The summed E-state index contributed by atoms with van der Waals surface area (Å²) in [6.07, 6.45) is 1.63. The molecule has 0 saturated carbocycles. The minimum Gasteiger partial charge on any atom is -0.494 e. The van der Waals surface area contributed by atoms with Crippen molar-refractivity contribution in [2.45, 2.75) is 13.5 Å². The molecule has 31 heavy (non-hydrogen) atoms. The molecule has 0 aliphatic carbocycles. The molecular formula is C25H22N2O4. The van der Waals surface area contributed by atoms with Gasteiger partial charge in [-0.15, -0.1) is 0 Å². The number of nitrogens with zero attached hydrogens (tertiary/aromatic N) is 1. The fourth-order valence-corrected chi connectivity index (χ4v) is 3.30. The molecule has 4 rings (SSSR count). The highest BCUT2D eigenvalue weighted by Gasteiger charge is 2.11. The van der Waals surface area contributed by atoms with Crippen LogP contribution in [0.2, 0.25) is 0 Å². The lowest BCUT2D eigenvalue weighted by atomic mass is 10.2. The van der Waals surface area contributed by atoms with Crippen LogP contribution in [-0.4, -0.2) is 17.1 Å². The molecule has 0 fully saturated rings. The second kappa shape index (κ2) is 9.17. The number of aromatic nitrogens is 1. The molecule has 0 unspecified atom stereocenters. The lowest BCUT2D eigenvalue weighted by molar-refractivity contribution is -0.116. The van der Waals surface area contributed by atoms with Gasteiger partial charge in [0, 0.05) is 17.6 Å². The summed E-state index contributed by atoms with van der Waals surface area (Å²) < 4.78 is 13.2. The Labute approximate surface area is 179 Å². The summed E-state index contributed by atoms with van der Waals surface area (Å²) in [5, 5.41) is 3.48. The summed E-state index contributed by atoms with van der Waals surface area (Å²) >= 11 is 0. The molecule has 1 amide bonds. The molecular weight excluding hydrogens is 392 g/mol. The van der Waals surface area contributed by atoms with Crippen molar-refractivity contribution in [2.75, 3.05) is 11.9 Å². The minimum atomic E-state index is -0.225. The Morgan fingerprint density at radius 1 is 0.903 bits per heavy atom. The van der Waals surface area contributed by atoms with E-state index in [1.54, 1.807) is 29.0 Å². The zero-order chi connectivity index (χ0) is 21.6. The fourth-order valence-electron chi connectivity index (χ4n) is 3.30. The average Bonchev–Trinajstić information content (AvgIpc) is 2.79. The standard InChI is InChI=1S/C25H22N2O4/c1-2-30-18-11-13-19(14-12-18)31-24-10-6-4-8-21(24)26-25(29)17-27-16-15-23(28)20-7-3-5-9-22(20)27/h3-16H,2,17H2,1H3,(H,26,29). The van der Waals surface area contributed by atoms with Crippen LogP contribution >= 0.6 is 0 Å². The first-order chi connectivity index (χ1) is 15.1. The SMILES string of the molecule is CCOc1ccc(Oc2ccccc2NC(=O)Cn2ccc(=O)c3ccccc32)cc1. The van der Waals surface area contributed by atoms with E-state index >= 15 is 0 Å². The Hall–Kier alpha value is -4.06. The third-order valence-corrected chi connectivity index (χ3v) is 4.72. The normalized spacial score (nSPS) is 10.6. The first kappa shape index (κ1) is 20.2. The number of nitrogens with one attached hydrogen (secondary N) is 1. The summed E-state index contributed by atoms with van der Waals surface area (Å²) in [7, 11) is 0. The number of hydrogen-bond donors (Lipinski definition) is 1. The Balaban J connectivity index is 1.51. The molecule has 0 radical (unpaired) electrons. The van der Waals surface area contributed by atoms with Crippen LogP contribution in [0.5, 0.6) is 17.2 Å². The summed E-state index contributed by atoms with van der Waals surface area (Å²) in [5.74, 6) is 1.71. The van der Waals surface area contributed by atoms with Crippen molar-refractivity contribution in [3.63, 3.8) is 0 Å². The number of rotatable bonds is 7. The van der Waals surface area contributed by atoms with Crippen molar-refractivity contribution in [3.8, 4) is 17.2 Å². The zero-order valence-corrected chi connectivity index (χ0v) is 17.1. The summed E-state index contributed by atoms with van der Waals surface area (Å²) in [4.78, 5) is 24.8. The van der Waals surface area contributed by atoms with Crippen molar-refractivity contribution >= 4 is 22.5 Å². The lowest BCUT2D eigenvalue weighted by Gasteiger charge is -2.14. The smallest absolute Gasteiger partial charge is 0.244 e. The van der Waals surface area contributed by atoms with Crippen molar-refractivity contribution in [1.82, 2.24) is 4.57 Å². The highest BCUT2D eigenvalue weighted by Crippen LogP contribution is 2.30. The molecule has 0 spiro atoms. The molecule has 0 atom stereocenters. The van der Waals surface area contributed by atoms with E-state index in [1.807, 2.05) is 61.5 Å². The van der Waals surface area contributed by atoms with Crippen LogP contribution in [0.25, 0.3) is 10.9 Å². The predicted molar refractivity (Wildman–Crippen MR) is 121 cm³/mol. The molecule has 0 aliphatic rings. The number of benzene rings is 3. The molecule has 6 heteroatoms. The number of anilines is 1. The molecule has 3 aromatic carbocycles. The maximum atomic E-state index is 12.7. The second-order valence-corrected chi connectivity index (χ2v) is 6.88. The van der Waals surface area contributed by atoms with Crippen LogP contribution in [0.4, 0.5) is 5.69 Å². The zero-order valence-electron chi connectivity index (χ0n) is 17.1. The van der Waals surface area contributed by atoms with E-state index < -0.39 is 0 Å². The number of para-hydroxylation sites is 3. The number of carbonyl (C=O) groups is 1. The Kier molecular flexibility index (Phi) is 5.98. The topological polar surface area (TPSA) is 69.6 Å². The molecule has 156 valence electrons. The molecule has 1 N–H and O–H groups in total. The van der Waals surface area contributed by atoms with E-state index in [-0.39, 0.29) is 17.9 Å². The summed E-state index contributed by atoms with van der Waals surface area (Å²) in [5.41, 5.74) is 1.21. The van der Waals surface area contributed by atoms with Gasteiger partial charge in [0.15, 0.2) is 11.2 Å². The third-order valence-electron chi connectivity index (χ3n) is 4.72. The first-order valence-corrected chi connectivity index (χ1v) is 10.0. The maximum Gasteiger partial charge on any atom is 0.244 e. The number of pyridine rings is 1. The van der Waals surface area contributed by atoms with Crippen molar-refractivity contribution in [3.05, 3.63) is 95.3 Å². The van der Waals surface area contributed by atoms with Crippen LogP contribution in [0.1, 0.15) is 6.92 Å². The van der Waals surface area contributed by atoms with Gasteiger partial charge in [0.2, 0.25) is 5.91 Å². The van der Waals surface area contributed by atoms with Crippen molar-refractivity contribution in [1.29, 1.82) is 0 Å². The third kappa shape index (κ3) is 4.75. The predicted octanol–water partition coefficient (Wildman–Crippen LogP) is 4.83. The van der Waals surface area contributed by atoms with Gasteiger partial charge in [-0.05, 0) is 55.5 Å². The highest BCUT2D eigenvalue weighted by atomic mass is 16.5. The van der Waals surface area contributed by atoms with Gasteiger partial charge in [0.25, 0.3) is 0 Å². The van der Waals surface area contributed by atoms with Gasteiger partial charge in [-0.3, -0.25) is 9.59 Å². The number of amides is 1. The number of fused-ring (bicyclic) bond motifs is 1.